The number of nitrogens with one attached hydrogen (secondary N) is 1. The predicted molar refractivity (Wildman–Crippen MR) is 83.0 cm³/mol. The second-order valence-corrected chi connectivity index (χ2v) is 4.65. The van der Waals surface area contributed by atoms with Gasteiger partial charge < -0.3 is 19.5 Å². The van der Waals surface area contributed by atoms with E-state index in [0.29, 0.717) is 32.7 Å². The number of Topliss-reactive ketones (excluding diaryl/α,β-unsaturated/α-hetero) is 1. The largest absolute Gasteiger partial charge is 0.488 e. The second kappa shape index (κ2) is 11.0. The number of rotatable bonds is 12. The van der Waals surface area contributed by atoms with Gasteiger partial charge in [-0.15, -0.1) is 0 Å². The Morgan fingerprint density at radius 3 is 2.68 bits per heavy atom. The highest BCUT2D eigenvalue weighted by Crippen LogP contribution is 2.21. The van der Waals surface area contributed by atoms with Gasteiger partial charge in [0.15, 0.2) is 17.3 Å². The van der Waals surface area contributed by atoms with Crippen molar-refractivity contribution in [3.63, 3.8) is 0 Å². The summed E-state index contributed by atoms with van der Waals surface area (Å²) in [6.45, 7) is 3.63. The van der Waals surface area contributed by atoms with Gasteiger partial charge in [-0.1, -0.05) is 6.92 Å². The first-order valence-electron chi connectivity index (χ1n) is 7.44. The summed E-state index contributed by atoms with van der Waals surface area (Å²) >= 11 is 0. The first-order chi connectivity index (χ1) is 10.7. The van der Waals surface area contributed by atoms with E-state index in [2.05, 4.69) is 5.32 Å². The zero-order chi connectivity index (χ0) is 16.2. The smallest absolute Gasteiger partial charge is 0.165 e. The maximum atomic E-state index is 13.5. The van der Waals surface area contributed by atoms with Gasteiger partial charge in [-0.05, 0) is 18.6 Å². The average molecular weight is 313 g/mol. The molecule has 0 heterocycles. The summed E-state index contributed by atoms with van der Waals surface area (Å²) in [5.74, 6) is -0.0926. The van der Waals surface area contributed by atoms with Crippen LogP contribution in [0.1, 0.15) is 19.8 Å². The van der Waals surface area contributed by atoms with Crippen LogP contribution >= 0.6 is 0 Å². The molecular weight excluding hydrogens is 289 g/mol. The van der Waals surface area contributed by atoms with Gasteiger partial charge in [0, 0.05) is 38.4 Å². The number of hydrogen-bond donors (Lipinski definition) is 1. The monoisotopic (exact) mass is 313 g/mol. The van der Waals surface area contributed by atoms with Crippen LogP contribution in [0, 0.1) is 5.82 Å². The first-order valence-corrected chi connectivity index (χ1v) is 7.44. The molecule has 0 atom stereocenters. The lowest BCUT2D eigenvalue weighted by molar-refractivity contribution is -0.123. The molecule has 0 amide bonds. The molecule has 0 spiro atoms. The Kier molecular flexibility index (Phi) is 9.18. The molecule has 0 saturated carbocycles. The second-order valence-electron chi connectivity index (χ2n) is 4.65. The Hall–Kier alpha value is -1.66. The molecule has 0 aliphatic heterocycles. The van der Waals surface area contributed by atoms with Gasteiger partial charge in [0.1, 0.15) is 13.2 Å². The lowest BCUT2D eigenvalue weighted by Crippen LogP contribution is -2.11. The topological polar surface area (TPSA) is 56.8 Å². The molecule has 0 aromatic heterocycles. The first kappa shape index (κ1) is 18.4. The van der Waals surface area contributed by atoms with Crippen LogP contribution in [0.2, 0.25) is 0 Å². The summed E-state index contributed by atoms with van der Waals surface area (Å²) in [6.07, 6.45) is 1.21. The van der Waals surface area contributed by atoms with Gasteiger partial charge in [0.05, 0.1) is 6.61 Å². The summed E-state index contributed by atoms with van der Waals surface area (Å²) in [6, 6.07) is 4.60. The highest BCUT2D eigenvalue weighted by Gasteiger charge is 2.04. The third-order valence-corrected chi connectivity index (χ3v) is 2.94. The molecule has 0 saturated heterocycles. The molecule has 0 fully saturated rings. The van der Waals surface area contributed by atoms with Crippen LogP contribution in [-0.2, 0) is 14.3 Å². The molecule has 22 heavy (non-hydrogen) atoms. The van der Waals surface area contributed by atoms with E-state index in [1.54, 1.807) is 19.2 Å². The molecule has 1 aromatic carbocycles. The Morgan fingerprint density at radius 1 is 1.18 bits per heavy atom. The van der Waals surface area contributed by atoms with Crippen molar-refractivity contribution in [1.29, 1.82) is 0 Å². The molecule has 1 N–H and O–H groups in total. The molecular formula is C16H24FNO4. The predicted octanol–water partition coefficient (Wildman–Crippen LogP) is 2.65. The number of halogens is 1. The molecule has 0 bridgehead atoms. The fourth-order valence-corrected chi connectivity index (χ4v) is 1.63. The van der Waals surface area contributed by atoms with E-state index in [-0.39, 0.29) is 24.7 Å². The van der Waals surface area contributed by atoms with Gasteiger partial charge in [-0.2, -0.15) is 0 Å². The Labute approximate surface area is 130 Å². The van der Waals surface area contributed by atoms with E-state index in [9.17, 15) is 9.18 Å². The lowest BCUT2D eigenvalue weighted by atomic mass is 10.3. The van der Waals surface area contributed by atoms with Crippen molar-refractivity contribution < 1.29 is 23.4 Å². The van der Waals surface area contributed by atoms with Crippen LogP contribution < -0.4 is 10.1 Å². The van der Waals surface area contributed by atoms with E-state index in [1.165, 1.54) is 6.07 Å². The summed E-state index contributed by atoms with van der Waals surface area (Å²) < 4.78 is 29.4. The summed E-state index contributed by atoms with van der Waals surface area (Å²) in [5.41, 5.74) is 0.788. The normalized spacial score (nSPS) is 10.5. The van der Waals surface area contributed by atoms with Gasteiger partial charge >= 0.3 is 0 Å². The number of hydrogen-bond acceptors (Lipinski definition) is 5. The number of carbonyl (C=O) groups excluding carboxylic acids is 1. The van der Waals surface area contributed by atoms with Gasteiger partial charge in [-0.25, -0.2) is 4.39 Å². The van der Waals surface area contributed by atoms with Crippen LogP contribution in [-0.4, -0.2) is 45.9 Å². The molecule has 0 radical (unpaired) electrons. The van der Waals surface area contributed by atoms with E-state index in [4.69, 9.17) is 14.2 Å². The van der Waals surface area contributed by atoms with Crippen molar-refractivity contribution in [3.05, 3.63) is 24.0 Å². The number of ketones is 1. The van der Waals surface area contributed by atoms with Crippen LogP contribution in [0.4, 0.5) is 10.1 Å². The number of anilines is 1. The van der Waals surface area contributed by atoms with Crippen molar-refractivity contribution in [3.8, 4) is 5.75 Å². The van der Waals surface area contributed by atoms with E-state index >= 15 is 0 Å². The molecule has 1 rings (SSSR count). The Bertz CT molecular complexity index is 454. The molecule has 0 unspecified atom stereocenters. The molecule has 0 aliphatic carbocycles. The van der Waals surface area contributed by atoms with Gasteiger partial charge in [-0.3, -0.25) is 4.79 Å². The third-order valence-electron chi connectivity index (χ3n) is 2.94. The standard InChI is InChI=1S/C16H24FNO4/c1-3-14(19)12-21-8-4-7-20-9-10-22-16-11-13(18-2)5-6-15(16)17/h5-6,11,18H,3-4,7-10,12H2,1-2H3. The van der Waals surface area contributed by atoms with Crippen molar-refractivity contribution in [1.82, 2.24) is 0 Å². The zero-order valence-corrected chi connectivity index (χ0v) is 13.2. The Morgan fingerprint density at radius 2 is 1.95 bits per heavy atom. The van der Waals surface area contributed by atoms with Gasteiger partial charge in [0.25, 0.3) is 0 Å². The molecule has 0 aliphatic rings. The number of ether oxygens (including phenoxy) is 3. The Balaban J connectivity index is 2.05. The molecule has 124 valence electrons. The minimum atomic E-state index is -0.395. The minimum Gasteiger partial charge on any atom is -0.488 e. The van der Waals surface area contributed by atoms with E-state index in [0.717, 1.165) is 5.69 Å². The maximum absolute atomic E-state index is 13.5. The van der Waals surface area contributed by atoms with Crippen LogP contribution in [0.5, 0.6) is 5.75 Å². The average Bonchev–Trinajstić information content (AvgIpc) is 2.54. The van der Waals surface area contributed by atoms with Crippen molar-refractivity contribution >= 4 is 11.5 Å². The molecule has 1 aromatic rings. The molecule has 5 nitrogen and oxygen atoms in total. The number of carbonyl (C=O) groups is 1. The van der Waals surface area contributed by atoms with Gasteiger partial charge in [0.2, 0.25) is 0 Å². The van der Waals surface area contributed by atoms with Crippen molar-refractivity contribution in [2.45, 2.75) is 19.8 Å². The van der Waals surface area contributed by atoms with Crippen molar-refractivity contribution in [2.24, 2.45) is 0 Å². The number of benzene rings is 1. The fraction of sp³-hybridized carbons (Fsp3) is 0.562. The zero-order valence-electron chi connectivity index (χ0n) is 13.2. The quantitative estimate of drug-likeness (QED) is 0.601. The fourth-order valence-electron chi connectivity index (χ4n) is 1.63. The highest BCUT2D eigenvalue weighted by atomic mass is 19.1. The summed E-state index contributed by atoms with van der Waals surface area (Å²) in [5, 5.41) is 2.92. The highest BCUT2D eigenvalue weighted by molar-refractivity contribution is 5.79. The lowest BCUT2D eigenvalue weighted by Gasteiger charge is -2.09. The van der Waals surface area contributed by atoms with Crippen LogP contribution in [0.3, 0.4) is 0 Å². The maximum Gasteiger partial charge on any atom is 0.165 e. The molecule has 6 heteroatoms. The summed E-state index contributed by atoms with van der Waals surface area (Å²) in [7, 11) is 1.76. The van der Waals surface area contributed by atoms with Crippen LogP contribution in [0.15, 0.2) is 18.2 Å². The third kappa shape index (κ3) is 7.38. The van der Waals surface area contributed by atoms with E-state index < -0.39 is 5.82 Å². The van der Waals surface area contributed by atoms with Crippen LogP contribution in [0.25, 0.3) is 0 Å². The summed E-state index contributed by atoms with van der Waals surface area (Å²) in [4.78, 5) is 11.0. The minimum absolute atomic E-state index is 0.0974. The SMILES string of the molecule is CCC(=O)COCCCOCCOc1cc(NC)ccc1F. The van der Waals surface area contributed by atoms with Crippen molar-refractivity contribution in [2.75, 3.05) is 45.4 Å². The van der Waals surface area contributed by atoms with E-state index in [1.807, 2.05) is 6.92 Å².